The SMILES string of the molecule is CCn1nncc1C(=O)N1CCCC1c1ccc(N(C)C)nn1. The minimum absolute atomic E-state index is 0.0357. The third kappa shape index (κ3) is 2.88. The topological polar surface area (TPSA) is 80.0 Å². The van der Waals surface area contributed by atoms with Gasteiger partial charge in [0.05, 0.1) is 17.9 Å². The fourth-order valence-corrected chi connectivity index (χ4v) is 2.87. The highest BCUT2D eigenvalue weighted by molar-refractivity contribution is 5.92. The number of aromatic nitrogens is 5. The molecule has 2 aromatic rings. The zero-order chi connectivity index (χ0) is 16.4. The predicted molar refractivity (Wildman–Crippen MR) is 85.1 cm³/mol. The van der Waals surface area contributed by atoms with Crippen LogP contribution in [0.25, 0.3) is 0 Å². The van der Waals surface area contributed by atoms with Crippen LogP contribution in [0.5, 0.6) is 0 Å². The molecule has 0 spiro atoms. The molecule has 1 amide bonds. The summed E-state index contributed by atoms with van der Waals surface area (Å²) >= 11 is 0. The molecule has 2 aromatic heterocycles. The number of carbonyl (C=O) groups excluding carboxylic acids is 1. The quantitative estimate of drug-likeness (QED) is 0.841. The average Bonchev–Trinajstić information content (AvgIpc) is 3.23. The maximum atomic E-state index is 12.8. The van der Waals surface area contributed by atoms with Gasteiger partial charge in [-0.25, -0.2) is 4.68 Å². The van der Waals surface area contributed by atoms with Crippen LogP contribution in [0.15, 0.2) is 18.3 Å². The first kappa shape index (κ1) is 15.4. The second-order valence-electron chi connectivity index (χ2n) is 5.80. The van der Waals surface area contributed by atoms with E-state index in [2.05, 4.69) is 20.5 Å². The van der Waals surface area contributed by atoms with Crippen molar-refractivity contribution < 1.29 is 4.79 Å². The first-order chi connectivity index (χ1) is 11.1. The van der Waals surface area contributed by atoms with E-state index in [9.17, 15) is 4.79 Å². The molecular formula is C15H21N7O. The molecule has 1 unspecified atom stereocenters. The summed E-state index contributed by atoms with van der Waals surface area (Å²) < 4.78 is 1.62. The van der Waals surface area contributed by atoms with E-state index in [1.807, 2.05) is 43.0 Å². The Bertz CT molecular complexity index is 679. The molecule has 8 nitrogen and oxygen atoms in total. The molecule has 3 heterocycles. The van der Waals surface area contributed by atoms with E-state index >= 15 is 0 Å². The van der Waals surface area contributed by atoms with Gasteiger partial charge in [-0.05, 0) is 31.9 Å². The first-order valence-electron chi connectivity index (χ1n) is 7.82. The molecule has 0 radical (unpaired) electrons. The second kappa shape index (κ2) is 6.31. The number of nitrogens with zero attached hydrogens (tertiary/aromatic N) is 7. The highest BCUT2D eigenvalue weighted by Gasteiger charge is 2.33. The molecule has 1 atom stereocenters. The number of rotatable bonds is 4. The van der Waals surface area contributed by atoms with Crippen LogP contribution in [0.1, 0.15) is 42.0 Å². The summed E-state index contributed by atoms with van der Waals surface area (Å²) in [7, 11) is 3.85. The summed E-state index contributed by atoms with van der Waals surface area (Å²) in [6, 6.07) is 3.85. The van der Waals surface area contributed by atoms with Gasteiger partial charge in [-0.1, -0.05) is 5.21 Å². The number of carbonyl (C=O) groups is 1. The summed E-state index contributed by atoms with van der Waals surface area (Å²) in [5.74, 6) is 0.760. The lowest BCUT2D eigenvalue weighted by molar-refractivity contribution is 0.0719. The van der Waals surface area contributed by atoms with Crippen molar-refractivity contribution in [3.05, 3.63) is 29.7 Å². The summed E-state index contributed by atoms with van der Waals surface area (Å²) in [4.78, 5) is 16.6. The number of likely N-dealkylation sites (tertiary alicyclic amines) is 1. The van der Waals surface area contributed by atoms with Crippen molar-refractivity contribution in [3.63, 3.8) is 0 Å². The van der Waals surface area contributed by atoms with E-state index in [1.165, 1.54) is 6.20 Å². The van der Waals surface area contributed by atoms with Crippen molar-refractivity contribution in [3.8, 4) is 0 Å². The maximum Gasteiger partial charge on any atom is 0.274 e. The smallest absolute Gasteiger partial charge is 0.274 e. The Morgan fingerprint density at radius 3 is 2.83 bits per heavy atom. The van der Waals surface area contributed by atoms with Gasteiger partial charge in [-0.3, -0.25) is 4.79 Å². The largest absolute Gasteiger partial charge is 0.361 e. The molecule has 1 aliphatic heterocycles. The molecule has 1 aliphatic rings. The zero-order valence-corrected chi connectivity index (χ0v) is 13.7. The van der Waals surface area contributed by atoms with Crippen LogP contribution >= 0.6 is 0 Å². The molecule has 8 heteroatoms. The minimum Gasteiger partial charge on any atom is -0.361 e. The molecule has 1 fully saturated rings. The minimum atomic E-state index is -0.0437. The van der Waals surface area contributed by atoms with Crippen molar-refractivity contribution in [2.45, 2.75) is 32.4 Å². The van der Waals surface area contributed by atoms with Crippen LogP contribution in [-0.4, -0.2) is 56.6 Å². The lowest BCUT2D eigenvalue weighted by Crippen LogP contribution is -2.32. The standard InChI is InChI=1S/C15H21N7O/c1-4-22-13(10-16-19-22)15(23)21-9-5-6-12(21)11-7-8-14(18-17-11)20(2)3/h7-8,10,12H,4-6,9H2,1-3H3. The number of aryl methyl sites for hydroxylation is 1. The Balaban J connectivity index is 1.84. The van der Waals surface area contributed by atoms with Gasteiger partial charge in [0.25, 0.3) is 5.91 Å². The molecule has 1 saturated heterocycles. The normalized spacial score (nSPS) is 17.5. The Hall–Kier alpha value is -2.51. The summed E-state index contributed by atoms with van der Waals surface area (Å²) in [5.41, 5.74) is 1.36. The van der Waals surface area contributed by atoms with Gasteiger partial charge in [0.2, 0.25) is 0 Å². The van der Waals surface area contributed by atoms with Crippen LogP contribution < -0.4 is 4.90 Å². The number of amides is 1. The van der Waals surface area contributed by atoms with E-state index in [0.717, 1.165) is 30.9 Å². The molecular weight excluding hydrogens is 294 g/mol. The van der Waals surface area contributed by atoms with Crippen LogP contribution in [0.4, 0.5) is 5.82 Å². The van der Waals surface area contributed by atoms with E-state index < -0.39 is 0 Å². The van der Waals surface area contributed by atoms with Gasteiger partial charge in [0.1, 0.15) is 5.69 Å². The van der Waals surface area contributed by atoms with Crippen molar-refractivity contribution >= 4 is 11.7 Å². The highest BCUT2D eigenvalue weighted by Crippen LogP contribution is 2.32. The van der Waals surface area contributed by atoms with Gasteiger partial charge in [-0.2, -0.15) is 5.10 Å². The third-order valence-electron chi connectivity index (χ3n) is 4.12. The maximum absolute atomic E-state index is 12.8. The van der Waals surface area contributed by atoms with E-state index in [4.69, 9.17) is 0 Å². The van der Waals surface area contributed by atoms with Crippen molar-refractivity contribution in [2.24, 2.45) is 0 Å². The number of hydrogen-bond donors (Lipinski definition) is 0. The molecule has 0 saturated carbocycles. The Labute approximate surface area is 135 Å². The van der Waals surface area contributed by atoms with Crippen LogP contribution in [0, 0.1) is 0 Å². The fourth-order valence-electron chi connectivity index (χ4n) is 2.87. The van der Waals surface area contributed by atoms with Crippen LogP contribution in [0.3, 0.4) is 0 Å². The first-order valence-corrected chi connectivity index (χ1v) is 7.82. The van der Waals surface area contributed by atoms with Gasteiger partial charge >= 0.3 is 0 Å². The van der Waals surface area contributed by atoms with Gasteiger partial charge in [0, 0.05) is 27.2 Å². The number of hydrogen-bond acceptors (Lipinski definition) is 6. The van der Waals surface area contributed by atoms with Gasteiger partial charge in [0.15, 0.2) is 5.82 Å². The molecule has 0 N–H and O–H groups in total. The molecule has 0 aromatic carbocycles. The van der Waals surface area contributed by atoms with Crippen LogP contribution in [0.2, 0.25) is 0 Å². The van der Waals surface area contributed by atoms with Crippen LogP contribution in [-0.2, 0) is 6.54 Å². The number of anilines is 1. The Kier molecular flexibility index (Phi) is 4.22. The average molecular weight is 315 g/mol. The molecule has 0 aliphatic carbocycles. The molecule has 0 bridgehead atoms. The van der Waals surface area contributed by atoms with Gasteiger partial charge in [-0.15, -0.1) is 10.2 Å². The van der Waals surface area contributed by atoms with Crippen molar-refractivity contribution in [2.75, 3.05) is 25.5 Å². The third-order valence-corrected chi connectivity index (χ3v) is 4.12. The zero-order valence-electron chi connectivity index (χ0n) is 13.7. The summed E-state index contributed by atoms with van der Waals surface area (Å²) in [6.45, 7) is 3.28. The summed E-state index contributed by atoms with van der Waals surface area (Å²) in [6.07, 6.45) is 3.39. The summed E-state index contributed by atoms with van der Waals surface area (Å²) in [5, 5.41) is 16.3. The molecule has 122 valence electrons. The predicted octanol–water partition coefficient (Wildman–Crippen LogP) is 1.13. The monoisotopic (exact) mass is 315 g/mol. The Morgan fingerprint density at radius 1 is 1.35 bits per heavy atom. The lowest BCUT2D eigenvalue weighted by Gasteiger charge is -2.24. The molecule has 3 rings (SSSR count). The fraction of sp³-hybridized carbons (Fsp3) is 0.533. The van der Waals surface area contributed by atoms with E-state index in [-0.39, 0.29) is 11.9 Å². The highest BCUT2D eigenvalue weighted by atomic mass is 16.2. The molecule has 23 heavy (non-hydrogen) atoms. The van der Waals surface area contributed by atoms with E-state index in [0.29, 0.717) is 12.2 Å². The Morgan fingerprint density at radius 2 is 2.17 bits per heavy atom. The van der Waals surface area contributed by atoms with Gasteiger partial charge < -0.3 is 9.80 Å². The van der Waals surface area contributed by atoms with Crippen molar-refractivity contribution in [1.29, 1.82) is 0 Å². The second-order valence-corrected chi connectivity index (χ2v) is 5.80. The van der Waals surface area contributed by atoms with Crippen molar-refractivity contribution in [1.82, 2.24) is 30.1 Å². The lowest BCUT2D eigenvalue weighted by atomic mass is 10.1. The van der Waals surface area contributed by atoms with E-state index in [1.54, 1.807) is 4.68 Å².